The first kappa shape index (κ1) is 17.0. The van der Waals surface area contributed by atoms with Gasteiger partial charge in [-0.15, -0.1) is 0 Å². The Bertz CT molecular complexity index is 464. The first-order valence-electron chi connectivity index (χ1n) is 6.74. The molecule has 0 aromatic rings. The van der Waals surface area contributed by atoms with Crippen LogP contribution in [0.2, 0.25) is 0 Å². The van der Waals surface area contributed by atoms with Crippen LogP contribution in [0.4, 0.5) is 0 Å². The summed E-state index contributed by atoms with van der Waals surface area (Å²) in [5.74, 6) is -2.19. The smallest absolute Gasteiger partial charge is 0.326 e. The number of ether oxygens (including phenoxy) is 1. The Morgan fingerprint density at radius 2 is 2.05 bits per heavy atom. The Kier molecular flexibility index (Phi) is 6.20. The van der Waals surface area contributed by atoms with E-state index in [1.165, 1.54) is 7.11 Å². The third-order valence-corrected chi connectivity index (χ3v) is 3.70. The van der Waals surface area contributed by atoms with Crippen LogP contribution in [-0.2, 0) is 19.1 Å². The van der Waals surface area contributed by atoms with Gasteiger partial charge in [0.05, 0.1) is 0 Å². The van der Waals surface area contributed by atoms with Crippen LogP contribution in [0, 0.1) is 0 Å². The molecule has 0 bridgehead atoms. The standard InChI is InChI=1S/C13H19N3O5/c1-21-13(6-2-3-7-13)12(20)16-10(11(18)19)5-4-9(17)8-15-14/h8,10H,2-7H2,1H3,(H,16,20)(H,18,19). The molecule has 0 heterocycles. The molecule has 0 radical (unpaired) electrons. The number of ketones is 1. The van der Waals surface area contributed by atoms with Gasteiger partial charge < -0.3 is 20.7 Å². The van der Waals surface area contributed by atoms with E-state index in [2.05, 4.69) is 10.1 Å². The van der Waals surface area contributed by atoms with E-state index in [9.17, 15) is 14.4 Å². The number of Topliss-reactive ketones (excluding diaryl/α,β-unsaturated/α-hetero) is 1. The van der Waals surface area contributed by atoms with Crippen LogP contribution in [0.1, 0.15) is 38.5 Å². The zero-order chi connectivity index (χ0) is 15.9. The molecule has 1 fully saturated rings. The lowest BCUT2D eigenvalue weighted by atomic mass is 9.99. The number of amides is 1. The van der Waals surface area contributed by atoms with Crippen molar-refractivity contribution in [3.05, 3.63) is 5.53 Å². The highest BCUT2D eigenvalue weighted by molar-refractivity contribution is 6.25. The van der Waals surface area contributed by atoms with Crippen molar-refractivity contribution in [1.29, 1.82) is 0 Å². The number of nitrogens with one attached hydrogen (secondary N) is 1. The minimum absolute atomic E-state index is 0.0777. The van der Waals surface area contributed by atoms with Gasteiger partial charge in [-0.2, -0.15) is 4.79 Å². The molecule has 1 saturated carbocycles. The molecule has 8 nitrogen and oxygen atoms in total. The fourth-order valence-electron chi connectivity index (χ4n) is 2.43. The van der Waals surface area contributed by atoms with Crippen molar-refractivity contribution in [2.75, 3.05) is 7.11 Å². The minimum atomic E-state index is -1.22. The van der Waals surface area contributed by atoms with Gasteiger partial charge in [0.2, 0.25) is 5.78 Å². The van der Waals surface area contributed by atoms with Crippen LogP contribution in [0.5, 0.6) is 0 Å². The Balaban J connectivity index is 2.65. The van der Waals surface area contributed by atoms with Crippen LogP contribution in [0.25, 0.3) is 5.53 Å². The number of carbonyl (C=O) groups is 3. The summed E-state index contributed by atoms with van der Waals surface area (Å²) in [6.45, 7) is 0. The molecule has 0 aromatic carbocycles. The number of carboxylic acid groups (broad SMARTS) is 1. The third-order valence-electron chi connectivity index (χ3n) is 3.70. The molecule has 1 unspecified atom stereocenters. The molecule has 1 aliphatic rings. The molecule has 1 atom stereocenters. The van der Waals surface area contributed by atoms with E-state index < -0.39 is 29.3 Å². The molecule has 1 rings (SSSR count). The normalized spacial score (nSPS) is 17.6. The molecular weight excluding hydrogens is 278 g/mol. The van der Waals surface area contributed by atoms with Gasteiger partial charge >= 0.3 is 12.2 Å². The first-order valence-corrected chi connectivity index (χ1v) is 6.74. The highest BCUT2D eigenvalue weighted by atomic mass is 16.5. The van der Waals surface area contributed by atoms with Crippen molar-refractivity contribution < 1.29 is 29.0 Å². The number of methoxy groups -OCH3 is 1. The highest BCUT2D eigenvalue weighted by Gasteiger charge is 2.42. The van der Waals surface area contributed by atoms with E-state index in [4.69, 9.17) is 15.4 Å². The maximum atomic E-state index is 12.2. The quantitative estimate of drug-likeness (QED) is 0.374. The fraction of sp³-hybridized carbons (Fsp3) is 0.692. The van der Waals surface area contributed by atoms with Crippen LogP contribution in [0.15, 0.2) is 0 Å². The number of nitrogens with zero attached hydrogens (tertiary/aromatic N) is 2. The Hall–Kier alpha value is -2.05. The van der Waals surface area contributed by atoms with Crippen LogP contribution in [-0.4, -0.2) is 52.5 Å². The number of hydrogen-bond acceptors (Lipinski definition) is 4. The summed E-state index contributed by atoms with van der Waals surface area (Å²) < 4.78 is 5.28. The van der Waals surface area contributed by atoms with Crippen LogP contribution in [0.3, 0.4) is 0 Å². The zero-order valence-electron chi connectivity index (χ0n) is 11.9. The minimum Gasteiger partial charge on any atom is -0.480 e. The van der Waals surface area contributed by atoms with Crippen molar-refractivity contribution in [1.82, 2.24) is 5.32 Å². The van der Waals surface area contributed by atoms with Gasteiger partial charge in [-0.3, -0.25) is 9.59 Å². The predicted molar refractivity (Wildman–Crippen MR) is 71.7 cm³/mol. The number of hydrogen-bond donors (Lipinski definition) is 2. The van der Waals surface area contributed by atoms with Gasteiger partial charge in [0.1, 0.15) is 11.6 Å². The predicted octanol–water partition coefficient (Wildman–Crippen LogP) is 0.165. The van der Waals surface area contributed by atoms with Crippen molar-refractivity contribution in [2.24, 2.45) is 0 Å². The van der Waals surface area contributed by atoms with Gasteiger partial charge in [-0.05, 0) is 32.1 Å². The summed E-state index contributed by atoms with van der Waals surface area (Å²) in [7, 11) is 1.43. The summed E-state index contributed by atoms with van der Waals surface area (Å²) in [5.41, 5.74) is 7.24. The molecule has 0 aliphatic heterocycles. The number of carboxylic acids is 1. The lowest BCUT2D eigenvalue weighted by Crippen LogP contribution is -2.52. The Morgan fingerprint density at radius 1 is 1.43 bits per heavy atom. The number of aliphatic carboxylic acids is 1. The van der Waals surface area contributed by atoms with Gasteiger partial charge in [0.25, 0.3) is 5.91 Å². The maximum absolute atomic E-state index is 12.2. The lowest BCUT2D eigenvalue weighted by Gasteiger charge is -2.27. The molecule has 0 aromatic heterocycles. The van der Waals surface area contributed by atoms with E-state index >= 15 is 0 Å². The van der Waals surface area contributed by atoms with Crippen molar-refractivity contribution in [3.8, 4) is 0 Å². The van der Waals surface area contributed by atoms with Crippen molar-refractivity contribution >= 4 is 23.9 Å². The van der Waals surface area contributed by atoms with E-state index in [1.807, 2.05) is 0 Å². The van der Waals surface area contributed by atoms with E-state index in [1.54, 1.807) is 0 Å². The Labute approximate surface area is 122 Å². The fourth-order valence-corrected chi connectivity index (χ4v) is 2.43. The highest BCUT2D eigenvalue weighted by Crippen LogP contribution is 2.32. The molecule has 8 heteroatoms. The molecule has 0 saturated heterocycles. The molecular formula is C13H19N3O5. The second kappa shape index (κ2) is 7.66. The number of rotatable bonds is 8. The molecule has 0 spiro atoms. The summed E-state index contributed by atoms with van der Waals surface area (Å²) in [5, 5.41) is 11.5. The lowest BCUT2D eigenvalue weighted by molar-refractivity contribution is -0.149. The van der Waals surface area contributed by atoms with E-state index in [-0.39, 0.29) is 12.8 Å². The summed E-state index contributed by atoms with van der Waals surface area (Å²) in [6.07, 6.45) is 3.30. The monoisotopic (exact) mass is 297 g/mol. The zero-order valence-corrected chi connectivity index (χ0v) is 11.9. The van der Waals surface area contributed by atoms with Gasteiger partial charge in [0.15, 0.2) is 0 Å². The Morgan fingerprint density at radius 3 is 2.52 bits per heavy atom. The largest absolute Gasteiger partial charge is 0.480 e. The van der Waals surface area contributed by atoms with E-state index in [0.29, 0.717) is 19.1 Å². The van der Waals surface area contributed by atoms with Gasteiger partial charge in [0, 0.05) is 13.5 Å². The van der Waals surface area contributed by atoms with E-state index in [0.717, 1.165) is 12.8 Å². The first-order chi connectivity index (χ1) is 9.95. The van der Waals surface area contributed by atoms with Gasteiger partial charge in [-0.25, -0.2) is 4.79 Å². The maximum Gasteiger partial charge on any atom is 0.326 e. The molecule has 116 valence electrons. The van der Waals surface area contributed by atoms with Crippen molar-refractivity contribution in [2.45, 2.75) is 50.2 Å². The average Bonchev–Trinajstić information content (AvgIpc) is 2.93. The molecule has 21 heavy (non-hydrogen) atoms. The molecule has 2 N–H and O–H groups in total. The summed E-state index contributed by atoms with van der Waals surface area (Å²) in [4.78, 5) is 37.2. The topological polar surface area (TPSA) is 129 Å². The SMILES string of the molecule is COC1(C(=O)NC(CCC(=O)C=[N+]=[N-])C(=O)O)CCCC1. The summed E-state index contributed by atoms with van der Waals surface area (Å²) in [6, 6.07) is -1.18. The second-order valence-corrected chi connectivity index (χ2v) is 5.02. The molecule has 1 amide bonds. The summed E-state index contributed by atoms with van der Waals surface area (Å²) >= 11 is 0. The van der Waals surface area contributed by atoms with Crippen LogP contribution >= 0.6 is 0 Å². The number of carbonyl (C=O) groups excluding carboxylic acids is 2. The average molecular weight is 297 g/mol. The van der Waals surface area contributed by atoms with Gasteiger partial charge in [-0.1, -0.05) is 0 Å². The molecule has 1 aliphatic carbocycles. The second-order valence-electron chi connectivity index (χ2n) is 5.02. The van der Waals surface area contributed by atoms with Crippen molar-refractivity contribution in [3.63, 3.8) is 0 Å². The van der Waals surface area contributed by atoms with Crippen LogP contribution < -0.4 is 5.32 Å². The third kappa shape index (κ3) is 4.47.